The number of aromatic nitrogens is 2. The number of aryl methyl sites for hydroxylation is 1. The van der Waals surface area contributed by atoms with Gasteiger partial charge in [0.1, 0.15) is 0 Å². The Morgan fingerprint density at radius 2 is 1.64 bits per heavy atom. The molecule has 3 N–H and O–H groups in total. The van der Waals surface area contributed by atoms with Crippen LogP contribution in [-0.4, -0.2) is 9.97 Å². The number of anilines is 1. The normalized spacial score (nSPS) is 14.4. The first-order valence-corrected chi connectivity index (χ1v) is 9.21. The van der Waals surface area contributed by atoms with Crippen LogP contribution in [0.2, 0.25) is 0 Å². The number of fused-ring (bicyclic) bond motifs is 1. The third-order valence-corrected chi connectivity index (χ3v) is 5.78. The molecule has 5 nitrogen and oxygen atoms in total. The molecule has 0 unspecified atom stereocenters. The monoisotopic (exact) mass is 353 g/mol. The van der Waals surface area contributed by atoms with Crippen molar-refractivity contribution >= 4 is 28.7 Å². The molecule has 0 spiro atoms. The summed E-state index contributed by atoms with van der Waals surface area (Å²) < 4.78 is 3.35. The van der Waals surface area contributed by atoms with Crippen LogP contribution < -0.4 is 15.8 Å². The maximum absolute atomic E-state index is 11.5. The first kappa shape index (κ1) is 16.0. The Labute approximate surface area is 149 Å². The third kappa shape index (κ3) is 3.22. The zero-order chi connectivity index (χ0) is 17.4. The molecule has 0 aliphatic heterocycles. The van der Waals surface area contributed by atoms with Gasteiger partial charge in [-0.1, -0.05) is 18.6 Å². The van der Waals surface area contributed by atoms with Gasteiger partial charge in [0.25, 0.3) is 0 Å². The van der Waals surface area contributed by atoms with E-state index >= 15 is 0 Å². The minimum Gasteiger partial charge on any atom is -0.326 e. The highest BCUT2D eigenvalue weighted by Crippen LogP contribution is 2.37. The fourth-order valence-corrected chi connectivity index (χ4v) is 3.80. The van der Waals surface area contributed by atoms with Crippen LogP contribution in [0.3, 0.4) is 0 Å². The van der Waals surface area contributed by atoms with E-state index < -0.39 is 11.1 Å². The van der Waals surface area contributed by atoms with Crippen molar-refractivity contribution < 1.29 is 0 Å². The third-order valence-electron chi connectivity index (χ3n) is 4.78. The molecule has 4 rings (SSSR count). The second kappa shape index (κ2) is 6.44. The Balaban J connectivity index is 1.53. The average molecular weight is 353 g/mol. The largest absolute Gasteiger partial charge is 0.326 e. The maximum Gasteiger partial charge on any atom is 0.314 e. The zero-order valence-corrected chi connectivity index (χ0v) is 14.7. The smallest absolute Gasteiger partial charge is 0.314 e. The molecule has 0 atom stereocenters. The van der Waals surface area contributed by atoms with Gasteiger partial charge in [-0.05, 0) is 73.0 Å². The van der Waals surface area contributed by atoms with Gasteiger partial charge in [0.05, 0.1) is 11.0 Å². The Bertz CT molecular complexity index is 1030. The van der Waals surface area contributed by atoms with E-state index in [1.807, 2.05) is 19.1 Å². The number of nitrogens with one attached hydrogen (secondary N) is 3. The molecule has 1 heterocycles. The lowest BCUT2D eigenvalue weighted by Gasteiger charge is -2.25. The van der Waals surface area contributed by atoms with Gasteiger partial charge < -0.3 is 14.7 Å². The van der Waals surface area contributed by atoms with E-state index in [0.717, 1.165) is 22.1 Å². The minimum absolute atomic E-state index is 0.625. The molecule has 0 amide bonds. The van der Waals surface area contributed by atoms with Crippen molar-refractivity contribution in [3.63, 3.8) is 0 Å². The molecule has 0 radical (unpaired) electrons. The first-order chi connectivity index (χ1) is 12.1. The second-order valence-electron chi connectivity index (χ2n) is 6.53. The lowest BCUT2D eigenvalue weighted by Crippen LogP contribution is -2.28. The van der Waals surface area contributed by atoms with E-state index in [0.29, 0.717) is 11.0 Å². The number of hydrogen-bond donors (Lipinski definition) is 3. The number of benzene rings is 2. The maximum atomic E-state index is 11.5. The molecule has 0 saturated heterocycles. The average Bonchev–Trinajstić information content (AvgIpc) is 2.54. The number of aromatic amines is 2. The highest BCUT2D eigenvalue weighted by Gasteiger charge is 2.18. The van der Waals surface area contributed by atoms with Crippen molar-refractivity contribution in [1.82, 2.24) is 9.97 Å². The summed E-state index contributed by atoms with van der Waals surface area (Å²) in [4.78, 5) is 29.1. The van der Waals surface area contributed by atoms with Crippen molar-refractivity contribution in [2.24, 2.45) is 0 Å². The summed E-state index contributed by atoms with van der Waals surface area (Å²) in [5.74, 6) is 0.739. The van der Waals surface area contributed by atoms with Crippen molar-refractivity contribution in [2.75, 3.05) is 4.72 Å². The van der Waals surface area contributed by atoms with Crippen molar-refractivity contribution in [3.8, 4) is 0 Å². The summed E-state index contributed by atoms with van der Waals surface area (Å²) in [6, 6.07) is 12.4. The lowest BCUT2D eigenvalue weighted by molar-refractivity contribution is 0.420. The van der Waals surface area contributed by atoms with Gasteiger partial charge in [-0.15, -0.1) is 0 Å². The molecule has 2 aromatic carbocycles. The van der Waals surface area contributed by atoms with Crippen LogP contribution in [0.15, 0.2) is 50.9 Å². The van der Waals surface area contributed by atoms with Crippen LogP contribution in [0.4, 0.5) is 5.69 Å². The van der Waals surface area contributed by atoms with E-state index in [2.05, 4.69) is 39.0 Å². The molecule has 0 bridgehead atoms. The van der Waals surface area contributed by atoms with E-state index in [1.54, 1.807) is 0 Å². The highest BCUT2D eigenvalue weighted by molar-refractivity contribution is 8.00. The van der Waals surface area contributed by atoms with Gasteiger partial charge in [0.2, 0.25) is 0 Å². The fourth-order valence-electron chi connectivity index (χ4n) is 3.04. The minimum atomic E-state index is -0.633. The molecule has 1 aliphatic carbocycles. The van der Waals surface area contributed by atoms with Crippen LogP contribution in [0.1, 0.15) is 36.3 Å². The Hall–Kier alpha value is -2.47. The van der Waals surface area contributed by atoms with E-state index in [9.17, 15) is 9.59 Å². The summed E-state index contributed by atoms with van der Waals surface area (Å²) in [6.07, 6.45) is 3.95. The van der Waals surface area contributed by atoms with E-state index in [4.69, 9.17) is 0 Å². The first-order valence-electron chi connectivity index (χ1n) is 8.40. The van der Waals surface area contributed by atoms with Crippen molar-refractivity contribution in [1.29, 1.82) is 0 Å². The fraction of sp³-hybridized carbons (Fsp3) is 0.263. The number of hydrogen-bond acceptors (Lipinski definition) is 4. The van der Waals surface area contributed by atoms with Crippen LogP contribution >= 0.6 is 11.9 Å². The van der Waals surface area contributed by atoms with Gasteiger partial charge in [-0.2, -0.15) is 0 Å². The summed E-state index contributed by atoms with van der Waals surface area (Å²) in [5, 5.41) is 0. The number of rotatable bonds is 4. The van der Waals surface area contributed by atoms with Crippen LogP contribution in [-0.2, 0) is 0 Å². The Kier molecular flexibility index (Phi) is 4.13. The molecule has 6 heteroatoms. The van der Waals surface area contributed by atoms with Crippen LogP contribution in [0.5, 0.6) is 0 Å². The topological polar surface area (TPSA) is 77.8 Å². The predicted octanol–water partition coefficient (Wildman–Crippen LogP) is 3.91. The molecule has 1 fully saturated rings. The standard InChI is InChI=1S/C19H19N3O2S/c1-11-9-15-16(21-19(24)18(23)20-15)10-17(11)25-22-14-7-5-13(6-8-14)12-3-2-4-12/h5-10,12,22H,2-4H2,1H3,(H,20,23)(H,21,24). The zero-order valence-electron chi connectivity index (χ0n) is 13.9. The van der Waals surface area contributed by atoms with E-state index in [-0.39, 0.29) is 0 Å². The van der Waals surface area contributed by atoms with Crippen LogP contribution in [0.25, 0.3) is 11.0 Å². The molecule has 128 valence electrons. The van der Waals surface area contributed by atoms with Crippen molar-refractivity contribution in [3.05, 3.63) is 68.2 Å². The van der Waals surface area contributed by atoms with Gasteiger partial charge in [-0.3, -0.25) is 9.59 Å². The van der Waals surface area contributed by atoms with Gasteiger partial charge in [-0.25, -0.2) is 0 Å². The Morgan fingerprint density at radius 1 is 1.00 bits per heavy atom. The molecule has 1 aliphatic rings. The van der Waals surface area contributed by atoms with Gasteiger partial charge in [0, 0.05) is 10.6 Å². The van der Waals surface area contributed by atoms with Crippen LogP contribution in [0, 0.1) is 6.92 Å². The Morgan fingerprint density at radius 3 is 2.24 bits per heavy atom. The van der Waals surface area contributed by atoms with E-state index in [1.165, 1.54) is 36.8 Å². The van der Waals surface area contributed by atoms with Crippen molar-refractivity contribution in [2.45, 2.75) is 37.0 Å². The summed E-state index contributed by atoms with van der Waals surface area (Å²) in [5.41, 5.74) is 3.49. The van der Waals surface area contributed by atoms with Gasteiger partial charge >= 0.3 is 11.1 Å². The molecule has 1 aromatic heterocycles. The molecule has 1 saturated carbocycles. The quantitative estimate of drug-likeness (QED) is 0.491. The molecular weight excluding hydrogens is 334 g/mol. The lowest BCUT2D eigenvalue weighted by atomic mass is 9.80. The SMILES string of the molecule is Cc1cc2[nH]c(=O)c(=O)[nH]c2cc1SNc1ccc(C2CCC2)cc1. The summed E-state index contributed by atoms with van der Waals surface area (Å²) in [7, 11) is 0. The van der Waals surface area contributed by atoms with Gasteiger partial charge in [0.15, 0.2) is 0 Å². The summed E-state index contributed by atoms with van der Waals surface area (Å²) in [6.45, 7) is 1.98. The second-order valence-corrected chi connectivity index (χ2v) is 7.37. The molecule has 3 aromatic rings. The highest BCUT2D eigenvalue weighted by atomic mass is 32.2. The predicted molar refractivity (Wildman–Crippen MR) is 102 cm³/mol. The molecular formula is C19H19N3O2S. The molecule has 25 heavy (non-hydrogen) atoms. The summed E-state index contributed by atoms with van der Waals surface area (Å²) >= 11 is 1.49. The number of H-pyrrole nitrogens is 2.